The highest BCUT2D eigenvalue weighted by molar-refractivity contribution is 5.93. The Morgan fingerprint density at radius 3 is 2.67 bits per heavy atom. The molecule has 2 aromatic carbocycles. The Hall–Kier alpha value is -2.34. The van der Waals surface area contributed by atoms with Gasteiger partial charge in [0.1, 0.15) is 11.6 Å². The third kappa shape index (κ3) is 2.90. The molecule has 21 heavy (non-hydrogen) atoms. The maximum atomic E-state index is 13.8. The van der Waals surface area contributed by atoms with Crippen LogP contribution in [0.25, 0.3) is 10.8 Å². The summed E-state index contributed by atoms with van der Waals surface area (Å²) in [7, 11) is 0. The van der Waals surface area contributed by atoms with Gasteiger partial charge in [-0.05, 0) is 35.6 Å². The van der Waals surface area contributed by atoms with E-state index in [0.717, 1.165) is 10.9 Å². The van der Waals surface area contributed by atoms with E-state index in [1.165, 1.54) is 6.07 Å². The molecule has 2 rings (SSSR count). The van der Waals surface area contributed by atoms with Gasteiger partial charge in [-0.2, -0.15) is 0 Å². The average Bonchev–Trinajstić information content (AvgIpc) is 2.46. The van der Waals surface area contributed by atoms with Crippen LogP contribution in [0.3, 0.4) is 0 Å². The molecule has 0 fully saturated rings. The Bertz CT molecular complexity index is 739. The zero-order valence-electron chi connectivity index (χ0n) is 12.4. The van der Waals surface area contributed by atoms with Crippen LogP contribution in [0.5, 0.6) is 5.75 Å². The van der Waals surface area contributed by atoms with Gasteiger partial charge in [0.2, 0.25) is 0 Å². The number of halogens is 1. The van der Waals surface area contributed by atoms with Crippen LogP contribution in [-0.2, 0) is 11.2 Å². The van der Waals surface area contributed by atoms with Gasteiger partial charge in [-0.1, -0.05) is 32.8 Å². The second kappa shape index (κ2) is 5.97. The van der Waals surface area contributed by atoms with Crippen LogP contribution >= 0.6 is 0 Å². The van der Waals surface area contributed by atoms with Crippen LogP contribution in [0, 0.1) is 24.1 Å². The largest absolute Gasteiger partial charge is 0.426 e. The molecule has 2 nitrogen and oxygen atoms in total. The highest BCUT2D eigenvalue weighted by Crippen LogP contribution is 2.30. The molecule has 0 saturated heterocycles. The number of ether oxygens (including phenoxy) is 1. The number of benzene rings is 2. The maximum Gasteiger partial charge on any atom is 0.313 e. The summed E-state index contributed by atoms with van der Waals surface area (Å²) < 4.78 is 19.2. The highest BCUT2D eigenvalue weighted by Gasteiger charge is 2.14. The summed E-state index contributed by atoms with van der Waals surface area (Å²) in [4.78, 5) is 11.7. The SMILES string of the molecule is C#Cc1c(F)ccc2cc(OC(=O)C(C)C)cc(CC)c12. The first-order valence-corrected chi connectivity index (χ1v) is 6.91. The molecular weight excluding hydrogens is 267 g/mol. The fourth-order valence-corrected chi connectivity index (χ4v) is 2.21. The molecule has 0 spiro atoms. The number of terminal acetylenes is 1. The molecule has 0 unspecified atom stereocenters. The molecule has 0 atom stereocenters. The number of carbonyl (C=O) groups is 1. The second-order valence-corrected chi connectivity index (χ2v) is 5.18. The first-order chi connectivity index (χ1) is 9.97. The first-order valence-electron chi connectivity index (χ1n) is 6.91. The van der Waals surface area contributed by atoms with Crippen molar-refractivity contribution in [3.8, 4) is 18.1 Å². The number of fused-ring (bicyclic) bond motifs is 1. The molecule has 0 aliphatic carbocycles. The quantitative estimate of drug-likeness (QED) is 0.482. The first kappa shape index (κ1) is 15.1. The van der Waals surface area contributed by atoms with E-state index in [1.807, 2.05) is 6.92 Å². The summed E-state index contributed by atoms with van der Waals surface area (Å²) in [5.74, 6) is 1.96. The second-order valence-electron chi connectivity index (χ2n) is 5.18. The predicted molar refractivity (Wildman–Crippen MR) is 81.7 cm³/mol. The van der Waals surface area contributed by atoms with E-state index in [1.54, 1.807) is 32.0 Å². The Labute approximate surface area is 123 Å². The van der Waals surface area contributed by atoms with Crippen molar-refractivity contribution < 1.29 is 13.9 Å². The Kier molecular flexibility index (Phi) is 4.28. The van der Waals surface area contributed by atoms with Gasteiger partial charge in [-0.3, -0.25) is 4.79 Å². The fourth-order valence-electron chi connectivity index (χ4n) is 2.21. The molecule has 0 aromatic heterocycles. The van der Waals surface area contributed by atoms with E-state index in [-0.39, 0.29) is 17.5 Å². The van der Waals surface area contributed by atoms with Crippen LogP contribution < -0.4 is 4.74 Å². The van der Waals surface area contributed by atoms with Crippen molar-refractivity contribution in [2.45, 2.75) is 27.2 Å². The standard InChI is InChI=1S/C18H17FO2/c1-5-12-9-14(21-18(20)11(3)4)10-13-7-8-16(19)15(6-2)17(12)13/h2,7-11H,5H2,1,3-4H3. The molecule has 108 valence electrons. The molecule has 0 bridgehead atoms. The molecule has 2 aromatic rings. The average molecular weight is 284 g/mol. The van der Waals surface area contributed by atoms with Gasteiger partial charge < -0.3 is 4.74 Å². The summed E-state index contributed by atoms with van der Waals surface area (Å²) in [6.07, 6.45) is 6.09. The smallest absolute Gasteiger partial charge is 0.313 e. The Morgan fingerprint density at radius 2 is 2.10 bits per heavy atom. The zero-order valence-corrected chi connectivity index (χ0v) is 12.4. The fraction of sp³-hybridized carbons (Fsp3) is 0.278. The van der Waals surface area contributed by atoms with E-state index in [9.17, 15) is 9.18 Å². The highest BCUT2D eigenvalue weighted by atomic mass is 19.1. The summed E-state index contributed by atoms with van der Waals surface area (Å²) in [5.41, 5.74) is 1.12. The van der Waals surface area contributed by atoms with Gasteiger partial charge in [0.05, 0.1) is 11.5 Å². The molecule has 0 radical (unpaired) electrons. The van der Waals surface area contributed by atoms with Crippen LogP contribution in [0.2, 0.25) is 0 Å². The van der Waals surface area contributed by atoms with Gasteiger partial charge in [0.15, 0.2) is 0 Å². The molecule has 0 amide bonds. The lowest BCUT2D eigenvalue weighted by molar-refractivity contribution is -0.137. The van der Waals surface area contributed by atoms with Gasteiger partial charge in [-0.15, -0.1) is 6.42 Å². The third-order valence-corrected chi connectivity index (χ3v) is 3.34. The normalized spacial score (nSPS) is 10.7. The van der Waals surface area contributed by atoms with Crippen molar-refractivity contribution in [1.82, 2.24) is 0 Å². The molecule has 0 heterocycles. The molecule has 0 saturated carbocycles. The number of hydrogen-bond donors (Lipinski definition) is 0. The molecule has 0 N–H and O–H groups in total. The monoisotopic (exact) mass is 284 g/mol. The van der Waals surface area contributed by atoms with Crippen LogP contribution in [-0.4, -0.2) is 5.97 Å². The summed E-state index contributed by atoms with van der Waals surface area (Å²) >= 11 is 0. The van der Waals surface area contributed by atoms with Gasteiger partial charge in [0.25, 0.3) is 0 Å². The minimum absolute atomic E-state index is 0.208. The van der Waals surface area contributed by atoms with E-state index >= 15 is 0 Å². The lowest BCUT2D eigenvalue weighted by atomic mass is 9.97. The number of esters is 1. The minimum atomic E-state index is -0.411. The van der Waals surface area contributed by atoms with Crippen molar-refractivity contribution in [3.63, 3.8) is 0 Å². The van der Waals surface area contributed by atoms with Crippen LogP contribution in [0.1, 0.15) is 31.9 Å². The van der Waals surface area contributed by atoms with Gasteiger partial charge in [-0.25, -0.2) is 4.39 Å². The van der Waals surface area contributed by atoms with Crippen LogP contribution in [0.4, 0.5) is 4.39 Å². The third-order valence-electron chi connectivity index (χ3n) is 3.34. The van der Waals surface area contributed by atoms with E-state index < -0.39 is 5.82 Å². The summed E-state index contributed by atoms with van der Waals surface area (Å²) in [6, 6.07) is 6.46. The van der Waals surface area contributed by atoms with E-state index in [4.69, 9.17) is 11.2 Å². The maximum absolute atomic E-state index is 13.8. The zero-order chi connectivity index (χ0) is 15.6. The van der Waals surface area contributed by atoms with Crippen molar-refractivity contribution >= 4 is 16.7 Å². The topological polar surface area (TPSA) is 26.3 Å². The van der Waals surface area contributed by atoms with Crippen molar-refractivity contribution in [1.29, 1.82) is 0 Å². The molecular formula is C18H17FO2. The number of hydrogen-bond acceptors (Lipinski definition) is 2. The Morgan fingerprint density at radius 1 is 1.38 bits per heavy atom. The van der Waals surface area contributed by atoms with E-state index in [0.29, 0.717) is 17.6 Å². The number of rotatable bonds is 3. The lowest BCUT2D eigenvalue weighted by Crippen LogP contribution is -2.14. The van der Waals surface area contributed by atoms with Crippen molar-refractivity contribution in [3.05, 3.63) is 41.2 Å². The minimum Gasteiger partial charge on any atom is -0.426 e. The van der Waals surface area contributed by atoms with Crippen molar-refractivity contribution in [2.24, 2.45) is 5.92 Å². The van der Waals surface area contributed by atoms with Gasteiger partial charge >= 0.3 is 5.97 Å². The molecule has 0 aliphatic rings. The van der Waals surface area contributed by atoms with Crippen LogP contribution in [0.15, 0.2) is 24.3 Å². The van der Waals surface area contributed by atoms with E-state index in [2.05, 4.69) is 5.92 Å². The number of aryl methyl sites for hydroxylation is 1. The summed E-state index contributed by atoms with van der Waals surface area (Å²) in [5, 5.41) is 1.49. The lowest BCUT2D eigenvalue weighted by Gasteiger charge is -2.12. The number of carbonyl (C=O) groups excluding carboxylic acids is 1. The summed E-state index contributed by atoms with van der Waals surface area (Å²) in [6.45, 7) is 5.50. The molecule has 3 heteroatoms. The van der Waals surface area contributed by atoms with Crippen molar-refractivity contribution in [2.75, 3.05) is 0 Å². The predicted octanol–water partition coefficient (Wildman–Crippen LogP) is 4.08. The van der Waals surface area contributed by atoms with Gasteiger partial charge in [0, 0.05) is 5.39 Å². The Balaban J connectivity index is 2.63. The molecule has 0 aliphatic heterocycles.